The van der Waals surface area contributed by atoms with Gasteiger partial charge in [-0.1, -0.05) is 18.2 Å². The third-order valence-corrected chi connectivity index (χ3v) is 5.89. The molecule has 2 heterocycles. The highest BCUT2D eigenvalue weighted by atomic mass is 16.5. The van der Waals surface area contributed by atoms with Gasteiger partial charge in [-0.2, -0.15) is 0 Å². The molecule has 0 unspecified atom stereocenters. The van der Waals surface area contributed by atoms with Gasteiger partial charge in [0.2, 0.25) is 5.91 Å². The van der Waals surface area contributed by atoms with Crippen molar-refractivity contribution in [3.63, 3.8) is 0 Å². The number of rotatable bonds is 4. The molecule has 2 aromatic carbocycles. The van der Waals surface area contributed by atoms with Crippen molar-refractivity contribution in [3.05, 3.63) is 71.9 Å². The number of hydrogen-bond acceptors (Lipinski definition) is 3. The molecular formula is C25H27N3O3. The van der Waals surface area contributed by atoms with Crippen LogP contribution < -0.4 is 4.74 Å². The van der Waals surface area contributed by atoms with Crippen molar-refractivity contribution in [1.82, 2.24) is 14.4 Å². The van der Waals surface area contributed by atoms with Gasteiger partial charge in [-0.05, 0) is 55.0 Å². The van der Waals surface area contributed by atoms with Crippen LogP contribution in [0.25, 0.3) is 16.9 Å². The van der Waals surface area contributed by atoms with Crippen LogP contribution in [0.5, 0.6) is 5.75 Å². The zero-order chi connectivity index (χ0) is 22.0. The van der Waals surface area contributed by atoms with Gasteiger partial charge in [0, 0.05) is 44.5 Å². The summed E-state index contributed by atoms with van der Waals surface area (Å²) in [6, 6.07) is 19.9. The SMILES string of the molecule is COc1ccc(-c2cc(C(=O)N3CCN(C(C)=O)CC3)c(C)n2-c2ccccc2)cc1. The molecule has 6 nitrogen and oxygen atoms in total. The quantitative estimate of drug-likeness (QED) is 0.649. The highest BCUT2D eigenvalue weighted by Crippen LogP contribution is 2.31. The Morgan fingerprint density at radius 3 is 2.06 bits per heavy atom. The largest absolute Gasteiger partial charge is 0.497 e. The van der Waals surface area contributed by atoms with E-state index in [-0.39, 0.29) is 11.8 Å². The number of amides is 2. The summed E-state index contributed by atoms with van der Waals surface area (Å²) in [6.07, 6.45) is 0. The third-order valence-electron chi connectivity index (χ3n) is 5.89. The second-order valence-corrected chi connectivity index (χ2v) is 7.73. The molecule has 2 amide bonds. The van der Waals surface area contributed by atoms with Gasteiger partial charge in [-0.3, -0.25) is 9.59 Å². The van der Waals surface area contributed by atoms with Crippen molar-refractivity contribution >= 4 is 11.8 Å². The van der Waals surface area contributed by atoms with Gasteiger partial charge in [0.1, 0.15) is 5.75 Å². The Morgan fingerprint density at radius 2 is 1.48 bits per heavy atom. The molecule has 4 rings (SSSR count). The standard InChI is InChI=1S/C25H27N3O3/c1-18-23(25(30)27-15-13-26(14-16-27)19(2)29)17-24(20-9-11-22(31-3)12-10-20)28(18)21-7-5-4-6-8-21/h4-12,17H,13-16H2,1-3H3. The Bertz CT molecular complexity index is 1080. The van der Waals surface area contributed by atoms with E-state index in [0.29, 0.717) is 31.7 Å². The normalized spacial score (nSPS) is 13.9. The van der Waals surface area contributed by atoms with Crippen LogP contribution >= 0.6 is 0 Å². The summed E-state index contributed by atoms with van der Waals surface area (Å²) in [5.74, 6) is 0.850. The fourth-order valence-corrected chi connectivity index (χ4v) is 4.10. The van der Waals surface area contributed by atoms with E-state index in [0.717, 1.165) is 28.4 Å². The number of hydrogen-bond donors (Lipinski definition) is 0. The first kappa shape index (κ1) is 20.7. The van der Waals surface area contributed by atoms with E-state index in [4.69, 9.17) is 4.74 Å². The monoisotopic (exact) mass is 417 g/mol. The molecule has 0 spiro atoms. The van der Waals surface area contributed by atoms with E-state index in [1.54, 1.807) is 18.9 Å². The van der Waals surface area contributed by atoms with Crippen LogP contribution in [0.15, 0.2) is 60.7 Å². The van der Waals surface area contributed by atoms with E-state index in [9.17, 15) is 9.59 Å². The molecule has 1 aliphatic heterocycles. The number of piperazine rings is 1. The van der Waals surface area contributed by atoms with Crippen molar-refractivity contribution < 1.29 is 14.3 Å². The lowest BCUT2D eigenvalue weighted by molar-refractivity contribution is -0.130. The molecule has 3 aromatic rings. The first-order valence-corrected chi connectivity index (χ1v) is 10.5. The molecular weight excluding hydrogens is 390 g/mol. The first-order valence-electron chi connectivity index (χ1n) is 10.5. The molecule has 1 saturated heterocycles. The molecule has 160 valence electrons. The zero-order valence-corrected chi connectivity index (χ0v) is 18.2. The van der Waals surface area contributed by atoms with Crippen LogP contribution in [0.2, 0.25) is 0 Å². The maximum absolute atomic E-state index is 13.4. The van der Waals surface area contributed by atoms with Gasteiger partial charge in [0.25, 0.3) is 5.91 Å². The van der Waals surface area contributed by atoms with Crippen molar-refractivity contribution in [2.75, 3.05) is 33.3 Å². The summed E-state index contributed by atoms with van der Waals surface area (Å²) >= 11 is 0. The highest BCUT2D eigenvalue weighted by Gasteiger charge is 2.27. The summed E-state index contributed by atoms with van der Waals surface area (Å²) in [7, 11) is 1.65. The Hall–Kier alpha value is -3.54. The lowest BCUT2D eigenvalue weighted by atomic mass is 10.1. The average molecular weight is 418 g/mol. The number of ether oxygens (including phenoxy) is 1. The Balaban J connectivity index is 1.73. The Labute approximate surface area is 182 Å². The van der Waals surface area contributed by atoms with E-state index >= 15 is 0 Å². The maximum atomic E-state index is 13.4. The Morgan fingerprint density at radius 1 is 0.871 bits per heavy atom. The van der Waals surface area contributed by atoms with Crippen molar-refractivity contribution in [3.8, 4) is 22.7 Å². The van der Waals surface area contributed by atoms with Crippen LogP contribution in [0.1, 0.15) is 23.0 Å². The fourth-order valence-electron chi connectivity index (χ4n) is 4.10. The summed E-state index contributed by atoms with van der Waals surface area (Å²) in [5.41, 5.74) is 4.55. The first-order chi connectivity index (χ1) is 15.0. The van der Waals surface area contributed by atoms with Gasteiger partial charge in [0.05, 0.1) is 18.4 Å². The summed E-state index contributed by atoms with van der Waals surface area (Å²) in [6.45, 7) is 5.80. The molecule has 31 heavy (non-hydrogen) atoms. The van der Waals surface area contributed by atoms with Gasteiger partial charge < -0.3 is 19.1 Å². The van der Waals surface area contributed by atoms with Gasteiger partial charge in [-0.25, -0.2) is 0 Å². The molecule has 0 atom stereocenters. The molecule has 1 aliphatic rings. The summed E-state index contributed by atoms with van der Waals surface area (Å²) in [4.78, 5) is 28.7. The molecule has 1 fully saturated rings. The van der Waals surface area contributed by atoms with Crippen molar-refractivity contribution in [2.24, 2.45) is 0 Å². The van der Waals surface area contributed by atoms with Gasteiger partial charge in [0.15, 0.2) is 0 Å². The zero-order valence-electron chi connectivity index (χ0n) is 18.2. The number of para-hydroxylation sites is 1. The summed E-state index contributed by atoms with van der Waals surface area (Å²) in [5, 5.41) is 0. The average Bonchev–Trinajstić information content (AvgIpc) is 3.16. The molecule has 0 bridgehead atoms. The van der Waals surface area contributed by atoms with Crippen LogP contribution in [0.3, 0.4) is 0 Å². The minimum atomic E-state index is 0.00476. The van der Waals surface area contributed by atoms with Gasteiger partial charge in [-0.15, -0.1) is 0 Å². The molecule has 1 aromatic heterocycles. The predicted molar refractivity (Wildman–Crippen MR) is 121 cm³/mol. The fraction of sp³-hybridized carbons (Fsp3) is 0.280. The van der Waals surface area contributed by atoms with Crippen LogP contribution in [-0.2, 0) is 4.79 Å². The second kappa shape index (κ2) is 8.68. The molecule has 6 heteroatoms. The lowest BCUT2D eigenvalue weighted by Gasteiger charge is -2.34. The van der Waals surface area contributed by atoms with Crippen molar-refractivity contribution in [2.45, 2.75) is 13.8 Å². The van der Waals surface area contributed by atoms with E-state index < -0.39 is 0 Å². The lowest BCUT2D eigenvalue weighted by Crippen LogP contribution is -2.50. The molecule has 0 radical (unpaired) electrons. The topological polar surface area (TPSA) is 54.8 Å². The number of carbonyl (C=O) groups is 2. The van der Waals surface area contributed by atoms with E-state index in [1.165, 1.54) is 0 Å². The van der Waals surface area contributed by atoms with Crippen LogP contribution in [0, 0.1) is 6.92 Å². The molecule has 0 saturated carbocycles. The summed E-state index contributed by atoms with van der Waals surface area (Å²) < 4.78 is 7.42. The Kier molecular flexibility index (Phi) is 5.80. The predicted octanol–water partition coefficient (Wildman–Crippen LogP) is 3.77. The molecule has 0 N–H and O–H groups in total. The number of methoxy groups -OCH3 is 1. The number of nitrogens with zero attached hydrogens (tertiary/aromatic N) is 3. The van der Waals surface area contributed by atoms with E-state index in [1.807, 2.05) is 72.5 Å². The van der Waals surface area contributed by atoms with Crippen LogP contribution in [-0.4, -0.2) is 59.5 Å². The number of aromatic nitrogens is 1. The number of carbonyl (C=O) groups excluding carboxylic acids is 2. The third kappa shape index (κ3) is 4.06. The minimum absolute atomic E-state index is 0.00476. The smallest absolute Gasteiger partial charge is 0.255 e. The molecule has 0 aliphatic carbocycles. The van der Waals surface area contributed by atoms with Crippen LogP contribution in [0.4, 0.5) is 0 Å². The van der Waals surface area contributed by atoms with Crippen molar-refractivity contribution in [1.29, 1.82) is 0 Å². The maximum Gasteiger partial charge on any atom is 0.255 e. The number of benzene rings is 2. The second-order valence-electron chi connectivity index (χ2n) is 7.73. The minimum Gasteiger partial charge on any atom is -0.497 e. The highest BCUT2D eigenvalue weighted by molar-refractivity contribution is 5.97. The van der Waals surface area contributed by atoms with Gasteiger partial charge >= 0.3 is 0 Å². The van der Waals surface area contributed by atoms with E-state index in [2.05, 4.69) is 4.57 Å².